The first-order valence-electron chi connectivity index (χ1n) is 19.3. The van der Waals surface area contributed by atoms with E-state index in [0.29, 0.717) is 34.7 Å². The van der Waals surface area contributed by atoms with Crippen molar-refractivity contribution in [3.8, 4) is 22.8 Å². The highest BCUT2D eigenvalue weighted by Crippen LogP contribution is 2.45. The van der Waals surface area contributed by atoms with Crippen LogP contribution < -0.4 is 24.8 Å². The van der Waals surface area contributed by atoms with Crippen LogP contribution in [0.15, 0.2) is 102 Å². The number of alkyl carbamates (subject to hydrolysis) is 1. The predicted molar refractivity (Wildman–Crippen MR) is 217 cm³/mol. The molecule has 3 fully saturated rings. The van der Waals surface area contributed by atoms with Crippen molar-refractivity contribution < 1.29 is 46.5 Å². The van der Waals surface area contributed by atoms with Crippen molar-refractivity contribution in [1.29, 1.82) is 0 Å². The van der Waals surface area contributed by atoms with Crippen molar-refractivity contribution >= 4 is 44.7 Å². The maximum absolute atomic E-state index is 14.6. The van der Waals surface area contributed by atoms with Crippen molar-refractivity contribution in [3.63, 3.8) is 0 Å². The number of fused-ring (bicyclic) bond motifs is 1. The van der Waals surface area contributed by atoms with Crippen LogP contribution in [0, 0.1) is 5.92 Å². The molecular formula is C43H47N5O10S. The monoisotopic (exact) mass is 825 g/mol. The molecule has 16 heteroatoms. The molecule has 4 aromatic rings. The number of nitrogens with one attached hydrogen (secondary N) is 3. The summed E-state index contributed by atoms with van der Waals surface area (Å²) in [5, 5.41) is 6.13. The van der Waals surface area contributed by atoms with Gasteiger partial charge < -0.3 is 34.5 Å². The second-order valence-corrected chi connectivity index (χ2v) is 17.6. The van der Waals surface area contributed by atoms with E-state index in [1.807, 2.05) is 36.4 Å². The number of ether oxygens (including phenoxy) is 4. The molecule has 3 heterocycles. The van der Waals surface area contributed by atoms with E-state index in [4.69, 9.17) is 23.9 Å². The van der Waals surface area contributed by atoms with E-state index in [0.717, 1.165) is 5.56 Å². The van der Waals surface area contributed by atoms with Crippen molar-refractivity contribution in [2.24, 2.45) is 5.92 Å². The van der Waals surface area contributed by atoms with Gasteiger partial charge in [0.1, 0.15) is 40.8 Å². The highest BCUT2D eigenvalue weighted by atomic mass is 32.2. The number of aromatic nitrogens is 1. The van der Waals surface area contributed by atoms with Gasteiger partial charge in [-0.25, -0.2) is 22.9 Å². The molecule has 0 radical (unpaired) electrons. The molecule has 3 aromatic carbocycles. The fraction of sp³-hybridized carbons (Fsp3) is 0.372. The predicted octanol–water partition coefficient (Wildman–Crippen LogP) is 4.51. The van der Waals surface area contributed by atoms with Gasteiger partial charge in [-0.05, 0) is 51.5 Å². The third-order valence-corrected chi connectivity index (χ3v) is 11.8. The average molecular weight is 826 g/mol. The van der Waals surface area contributed by atoms with Crippen LogP contribution in [0.5, 0.6) is 11.5 Å². The van der Waals surface area contributed by atoms with Gasteiger partial charge in [-0.3, -0.25) is 14.4 Å². The zero-order chi connectivity index (χ0) is 42.1. The van der Waals surface area contributed by atoms with E-state index >= 15 is 0 Å². The fourth-order valence-corrected chi connectivity index (χ4v) is 8.32. The van der Waals surface area contributed by atoms with Crippen molar-refractivity contribution in [2.75, 3.05) is 20.3 Å². The minimum Gasteiger partial charge on any atom is -0.497 e. The lowest BCUT2D eigenvalue weighted by atomic mass is 10.1. The van der Waals surface area contributed by atoms with Gasteiger partial charge >= 0.3 is 6.09 Å². The molecule has 6 atom stereocenters. The van der Waals surface area contributed by atoms with Gasteiger partial charge in [0, 0.05) is 41.8 Å². The fourth-order valence-electron chi connectivity index (χ4n) is 7.26. The van der Waals surface area contributed by atoms with Crippen LogP contribution >= 0.6 is 0 Å². The molecule has 3 aliphatic rings. The van der Waals surface area contributed by atoms with Gasteiger partial charge in [-0.15, -0.1) is 6.58 Å². The number of sulfonamides is 1. The van der Waals surface area contributed by atoms with Crippen molar-refractivity contribution in [2.45, 2.75) is 80.4 Å². The molecule has 2 aliphatic heterocycles. The molecule has 4 amide bonds. The van der Waals surface area contributed by atoms with Crippen molar-refractivity contribution in [1.82, 2.24) is 25.2 Å². The van der Waals surface area contributed by atoms with Gasteiger partial charge in [0.05, 0.1) is 42.5 Å². The molecule has 1 aliphatic carbocycles. The zero-order valence-corrected chi connectivity index (χ0v) is 34.0. The van der Waals surface area contributed by atoms with E-state index in [1.54, 1.807) is 52.1 Å². The minimum absolute atomic E-state index is 0.0178. The van der Waals surface area contributed by atoms with Crippen LogP contribution in [0.1, 0.15) is 40.0 Å². The Balaban J connectivity index is 1.21. The summed E-state index contributed by atoms with van der Waals surface area (Å²) >= 11 is 0. The number of amides is 4. The number of nitrogens with zero attached hydrogens (tertiary/aromatic N) is 2. The van der Waals surface area contributed by atoms with Crippen LogP contribution in [-0.4, -0.2) is 97.8 Å². The van der Waals surface area contributed by atoms with Gasteiger partial charge in [-0.2, -0.15) is 0 Å². The van der Waals surface area contributed by atoms with Crippen LogP contribution in [0.4, 0.5) is 4.79 Å². The number of methoxy groups -OCH3 is 1. The molecule has 7 rings (SSSR count). The number of likely N-dealkylation sites (tertiary alicyclic amines) is 1. The Bertz CT molecular complexity index is 2370. The highest BCUT2D eigenvalue weighted by molar-refractivity contribution is 7.90. The number of rotatable bonds is 14. The van der Waals surface area contributed by atoms with Crippen molar-refractivity contribution in [3.05, 3.63) is 97.6 Å². The summed E-state index contributed by atoms with van der Waals surface area (Å²) < 4.78 is 51.6. The summed E-state index contributed by atoms with van der Waals surface area (Å²) in [6.45, 7) is 9.20. The van der Waals surface area contributed by atoms with Gasteiger partial charge in [-0.1, -0.05) is 54.6 Å². The summed E-state index contributed by atoms with van der Waals surface area (Å²) in [5.74, 6) is -1.81. The first-order chi connectivity index (χ1) is 28.1. The number of pyridine rings is 1. The Kier molecular flexibility index (Phi) is 11.4. The lowest BCUT2D eigenvalue weighted by Crippen LogP contribution is -2.58. The van der Waals surface area contributed by atoms with E-state index in [1.165, 1.54) is 35.2 Å². The average Bonchev–Trinajstić information content (AvgIpc) is 4.13. The number of epoxide rings is 1. The quantitative estimate of drug-likeness (QED) is 0.120. The number of carbonyl (C=O) groups excluding carboxylic acids is 4. The maximum atomic E-state index is 14.6. The molecular weight excluding hydrogens is 779 g/mol. The largest absolute Gasteiger partial charge is 0.497 e. The smallest absolute Gasteiger partial charge is 0.408 e. The Morgan fingerprint density at radius 3 is 2.36 bits per heavy atom. The molecule has 2 saturated heterocycles. The lowest BCUT2D eigenvalue weighted by molar-refractivity contribution is -0.141. The number of hydrogen-bond donors (Lipinski definition) is 3. The third-order valence-electron chi connectivity index (χ3n) is 10.4. The van der Waals surface area contributed by atoms with Gasteiger partial charge in [0.2, 0.25) is 11.8 Å². The molecule has 1 aromatic heterocycles. The molecule has 15 nitrogen and oxygen atoms in total. The van der Waals surface area contributed by atoms with Crippen LogP contribution in [0.2, 0.25) is 0 Å². The standard InChI is InChI=1S/C43H47N5O10S/c1-6-27-23-43(27,40(51)47-59(53,54)31-15-11-8-12-16-31)46-38(49)36-21-29(24-48(36)39(50)35(20-30-25-56-30)45-41(52)58-42(2,3)4)57-37-22-33(26-13-9-7-10-14-26)44-34-19-28(55-5)17-18-32(34)37/h6-19,22,27,29-30,35-36H,1,20-21,23-25H2,2-5H3,(H,45,52)(H,46,49)(H,47,51)/t27-,29-,30?,35+,36+,43-/m1/s1. The van der Waals surface area contributed by atoms with E-state index in [-0.39, 0.29) is 36.8 Å². The maximum Gasteiger partial charge on any atom is 0.408 e. The summed E-state index contributed by atoms with van der Waals surface area (Å²) in [4.78, 5) is 62.0. The highest BCUT2D eigenvalue weighted by Gasteiger charge is 2.61. The number of hydrogen-bond acceptors (Lipinski definition) is 11. The van der Waals surface area contributed by atoms with Crippen LogP contribution in [0.3, 0.4) is 0 Å². The minimum atomic E-state index is -4.29. The van der Waals surface area contributed by atoms with E-state index in [2.05, 4.69) is 21.9 Å². The second-order valence-electron chi connectivity index (χ2n) is 15.9. The van der Waals surface area contributed by atoms with E-state index in [9.17, 15) is 27.6 Å². The SMILES string of the molecule is C=C[C@@H]1C[C@]1(NC(=O)[C@@H]1C[C@@H](Oc2cc(-c3ccccc3)nc3cc(OC)ccc23)CN1C(=O)[C@H](CC1CO1)NC(=O)OC(C)(C)C)C(=O)NS(=O)(=O)c1ccccc1. The topological polar surface area (TPSA) is 195 Å². The summed E-state index contributed by atoms with van der Waals surface area (Å²) in [6, 6.07) is 21.8. The molecule has 0 bridgehead atoms. The third kappa shape index (κ3) is 9.34. The second kappa shape index (κ2) is 16.3. The molecule has 0 spiro atoms. The van der Waals surface area contributed by atoms with Gasteiger partial charge in [0.25, 0.3) is 15.9 Å². The van der Waals surface area contributed by atoms with Crippen LogP contribution in [0.25, 0.3) is 22.2 Å². The summed E-state index contributed by atoms with van der Waals surface area (Å²) in [7, 11) is -2.73. The van der Waals surface area contributed by atoms with Gasteiger partial charge in [0.15, 0.2) is 0 Å². The number of carbonyl (C=O) groups is 4. The normalized spacial score (nSPS) is 22.7. The van der Waals surface area contributed by atoms with E-state index < -0.39 is 69.1 Å². The molecule has 3 N–H and O–H groups in total. The first-order valence-corrected chi connectivity index (χ1v) is 20.8. The lowest BCUT2D eigenvalue weighted by Gasteiger charge is -2.30. The Morgan fingerprint density at radius 2 is 1.73 bits per heavy atom. The zero-order valence-electron chi connectivity index (χ0n) is 33.2. The molecule has 310 valence electrons. The summed E-state index contributed by atoms with van der Waals surface area (Å²) in [6.07, 6.45) is -0.222. The molecule has 59 heavy (non-hydrogen) atoms. The summed E-state index contributed by atoms with van der Waals surface area (Å²) in [5.41, 5.74) is -0.465. The first kappa shape index (κ1) is 41.2. The Morgan fingerprint density at radius 1 is 1.03 bits per heavy atom. The number of benzene rings is 3. The Hall–Kier alpha value is -6.00. The molecule has 1 saturated carbocycles. The van der Waals surface area contributed by atoms with Crippen LogP contribution in [-0.2, 0) is 33.9 Å². The Labute approximate surface area is 342 Å². The molecule has 1 unspecified atom stereocenters.